The van der Waals surface area contributed by atoms with Crippen molar-refractivity contribution in [2.24, 2.45) is 0 Å². The number of rotatable bonds is 10. The molecule has 0 radical (unpaired) electrons. The lowest BCUT2D eigenvalue weighted by Gasteiger charge is -2.07. The predicted octanol–water partition coefficient (Wildman–Crippen LogP) is 4.89. The Hall–Kier alpha value is -3.98. The van der Waals surface area contributed by atoms with Gasteiger partial charge in [0, 0.05) is 39.6 Å². The number of nitrogens with one attached hydrogen (secondary N) is 1. The maximum Gasteiger partial charge on any atom is 0.306 e. The first kappa shape index (κ1) is 23.7. The molecule has 9 heteroatoms. The first-order chi connectivity index (χ1) is 15.9. The highest BCUT2D eigenvalue weighted by molar-refractivity contribution is 7.99. The van der Waals surface area contributed by atoms with Gasteiger partial charge in [0.05, 0.1) is 11.3 Å². The summed E-state index contributed by atoms with van der Waals surface area (Å²) in [4.78, 5) is 48.3. The van der Waals surface area contributed by atoms with E-state index >= 15 is 0 Å². The molecule has 168 valence electrons. The maximum atomic E-state index is 12.1. The van der Waals surface area contributed by atoms with Gasteiger partial charge < -0.3 is 10.1 Å². The van der Waals surface area contributed by atoms with Gasteiger partial charge >= 0.3 is 5.97 Å². The quantitative estimate of drug-likeness (QED) is 0.196. The van der Waals surface area contributed by atoms with E-state index in [4.69, 9.17) is 4.74 Å². The topological polar surface area (TPSA) is 116 Å². The van der Waals surface area contributed by atoms with Crippen LogP contribution >= 0.6 is 11.8 Å². The number of Topliss-reactive ketones (excluding diaryl/α,β-unsaturated/α-hetero) is 1. The largest absolute Gasteiger partial charge is 0.457 e. The standard InChI is InChI=1S/C24H20N2O6S/c27-22(17-5-4-6-19(15-17)26(30)31)16-32-24(29)14-13-23(28)25-18-9-11-21(12-10-18)33-20-7-2-1-3-8-20/h1-12,15H,13-14,16H2,(H,25,28). The number of anilines is 1. The van der Waals surface area contributed by atoms with Crippen LogP contribution in [0.1, 0.15) is 23.2 Å². The second-order valence-electron chi connectivity index (χ2n) is 6.88. The highest BCUT2D eigenvalue weighted by atomic mass is 32.2. The van der Waals surface area contributed by atoms with Crippen molar-refractivity contribution in [2.45, 2.75) is 22.6 Å². The Morgan fingerprint density at radius 1 is 0.879 bits per heavy atom. The number of hydrogen-bond donors (Lipinski definition) is 1. The normalized spacial score (nSPS) is 10.3. The van der Waals surface area contributed by atoms with E-state index < -0.39 is 23.3 Å². The zero-order chi connectivity index (χ0) is 23.6. The second-order valence-corrected chi connectivity index (χ2v) is 8.03. The Morgan fingerprint density at radius 3 is 2.27 bits per heavy atom. The van der Waals surface area contributed by atoms with Crippen molar-refractivity contribution in [3.05, 3.63) is 94.5 Å². The molecule has 0 bridgehead atoms. The predicted molar refractivity (Wildman–Crippen MR) is 123 cm³/mol. The van der Waals surface area contributed by atoms with Crippen LogP contribution in [0.5, 0.6) is 0 Å². The fourth-order valence-corrected chi connectivity index (χ4v) is 3.60. The molecule has 0 saturated heterocycles. The molecule has 1 N–H and O–H groups in total. The third kappa shape index (κ3) is 7.58. The fraction of sp³-hybridized carbons (Fsp3) is 0.125. The molecule has 0 aromatic heterocycles. The molecule has 0 heterocycles. The molecule has 0 atom stereocenters. The van der Waals surface area contributed by atoms with Crippen LogP contribution in [-0.2, 0) is 14.3 Å². The number of hydrogen-bond acceptors (Lipinski definition) is 7. The van der Waals surface area contributed by atoms with Gasteiger partial charge in [0.2, 0.25) is 11.7 Å². The third-order valence-corrected chi connectivity index (χ3v) is 5.43. The Kier molecular flexibility index (Phi) is 8.31. The van der Waals surface area contributed by atoms with Crippen LogP contribution in [0.15, 0.2) is 88.7 Å². The number of ketones is 1. The molecule has 1 amide bonds. The van der Waals surface area contributed by atoms with Crippen molar-refractivity contribution in [3.8, 4) is 0 Å². The molecular weight excluding hydrogens is 444 g/mol. The third-order valence-electron chi connectivity index (χ3n) is 4.42. The monoisotopic (exact) mass is 464 g/mol. The molecule has 3 aromatic rings. The minimum Gasteiger partial charge on any atom is -0.457 e. The van der Waals surface area contributed by atoms with Gasteiger partial charge in [0.15, 0.2) is 6.61 Å². The summed E-state index contributed by atoms with van der Waals surface area (Å²) < 4.78 is 4.89. The Labute approximate surface area is 194 Å². The lowest BCUT2D eigenvalue weighted by Crippen LogP contribution is -2.17. The van der Waals surface area contributed by atoms with Crippen LogP contribution in [0.3, 0.4) is 0 Å². The molecule has 0 spiro atoms. The van der Waals surface area contributed by atoms with E-state index in [-0.39, 0.29) is 30.0 Å². The molecule has 0 aliphatic rings. The number of nitrogens with zero attached hydrogens (tertiary/aromatic N) is 1. The van der Waals surface area contributed by atoms with Gasteiger partial charge in [0.25, 0.3) is 5.69 Å². The summed E-state index contributed by atoms with van der Waals surface area (Å²) in [5.74, 6) is -1.64. The van der Waals surface area contributed by atoms with Gasteiger partial charge in [-0.25, -0.2) is 0 Å². The average molecular weight is 464 g/mol. The molecule has 0 aliphatic heterocycles. The minimum absolute atomic E-state index is 0.0728. The molecular formula is C24H20N2O6S. The summed E-state index contributed by atoms with van der Waals surface area (Å²) in [6.45, 7) is -0.553. The Balaban J connectivity index is 1.40. The van der Waals surface area contributed by atoms with Crippen molar-refractivity contribution in [2.75, 3.05) is 11.9 Å². The smallest absolute Gasteiger partial charge is 0.306 e. The first-order valence-corrected chi connectivity index (χ1v) is 10.8. The number of carbonyl (C=O) groups excluding carboxylic acids is 3. The van der Waals surface area contributed by atoms with E-state index in [9.17, 15) is 24.5 Å². The number of amides is 1. The van der Waals surface area contributed by atoms with Crippen LogP contribution < -0.4 is 5.32 Å². The van der Waals surface area contributed by atoms with Crippen LogP contribution in [0.2, 0.25) is 0 Å². The maximum absolute atomic E-state index is 12.1. The van der Waals surface area contributed by atoms with Gasteiger partial charge in [-0.15, -0.1) is 0 Å². The molecule has 3 aromatic carbocycles. The lowest BCUT2D eigenvalue weighted by molar-refractivity contribution is -0.384. The van der Waals surface area contributed by atoms with E-state index in [1.165, 1.54) is 18.2 Å². The molecule has 0 aliphatic carbocycles. The number of esters is 1. The number of nitro groups is 1. The van der Waals surface area contributed by atoms with Gasteiger partial charge in [-0.05, 0) is 36.4 Å². The Bertz CT molecular complexity index is 1150. The summed E-state index contributed by atoms with van der Waals surface area (Å²) in [6, 6.07) is 22.4. The highest BCUT2D eigenvalue weighted by Gasteiger charge is 2.14. The minimum atomic E-state index is -0.710. The number of benzene rings is 3. The molecule has 0 saturated carbocycles. The summed E-state index contributed by atoms with van der Waals surface area (Å²) in [5.41, 5.74) is 0.450. The van der Waals surface area contributed by atoms with Gasteiger partial charge in [-0.2, -0.15) is 0 Å². The van der Waals surface area contributed by atoms with Gasteiger partial charge in [0.1, 0.15) is 0 Å². The average Bonchev–Trinajstić information content (AvgIpc) is 2.83. The molecule has 8 nitrogen and oxygen atoms in total. The van der Waals surface area contributed by atoms with Crippen LogP contribution in [-0.4, -0.2) is 29.2 Å². The zero-order valence-electron chi connectivity index (χ0n) is 17.4. The number of non-ortho nitro benzene ring substituents is 1. The van der Waals surface area contributed by atoms with Crippen molar-refractivity contribution in [1.29, 1.82) is 0 Å². The van der Waals surface area contributed by atoms with Crippen molar-refractivity contribution < 1.29 is 24.0 Å². The molecule has 0 unspecified atom stereocenters. The lowest BCUT2D eigenvalue weighted by atomic mass is 10.1. The SMILES string of the molecule is O=C(CCC(=O)OCC(=O)c1cccc([N+](=O)[O-])c1)Nc1ccc(Sc2ccccc2)cc1. The zero-order valence-corrected chi connectivity index (χ0v) is 18.2. The summed E-state index contributed by atoms with van der Waals surface area (Å²) >= 11 is 1.60. The van der Waals surface area contributed by atoms with Crippen molar-refractivity contribution in [1.82, 2.24) is 0 Å². The Morgan fingerprint density at radius 2 is 1.58 bits per heavy atom. The van der Waals surface area contributed by atoms with E-state index in [1.807, 2.05) is 42.5 Å². The number of carbonyl (C=O) groups is 3. The number of nitro benzene ring substituents is 1. The summed E-state index contributed by atoms with van der Waals surface area (Å²) in [7, 11) is 0. The van der Waals surface area contributed by atoms with Crippen molar-refractivity contribution in [3.63, 3.8) is 0 Å². The van der Waals surface area contributed by atoms with E-state index in [0.29, 0.717) is 5.69 Å². The highest BCUT2D eigenvalue weighted by Crippen LogP contribution is 2.28. The second kappa shape index (κ2) is 11.6. The van der Waals surface area contributed by atoms with Crippen LogP contribution in [0.4, 0.5) is 11.4 Å². The summed E-state index contributed by atoms with van der Waals surface area (Å²) in [6.07, 6.45) is -0.305. The fourth-order valence-electron chi connectivity index (χ4n) is 2.76. The van der Waals surface area contributed by atoms with Crippen molar-refractivity contribution >= 4 is 40.8 Å². The van der Waals surface area contributed by atoms with E-state index in [0.717, 1.165) is 15.9 Å². The molecule has 33 heavy (non-hydrogen) atoms. The van der Waals surface area contributed by atoms with Gasteiger partial charge in [-0.1, -0.05) is 42.1 Å². The van der Waals surface area contributed by atoms with Gasteiger partial charge in [-0.3, -0.25) is 24.5 Å². The summed E-state index contributed by atoms with van der Waals surface area (Å²) in [5, 5.41) is 13.5. The van der Waals surface area contributed by atoms with Crippen LogP contribution in [0.25, 0.3) is 0 Å². The van der Waals surface area contributed by atoms with Crippen LogP contribution in [0, 0.1) is 10.1 Å². The van der Waals surface area contributed by atoms with E-state index in [1.54, 1.807) is 23.9 Å². The molecule has 3 rings (SSSR count). The van der Waals surface area contributed by atoms with E-state index in [2.05, 4.69) is 5.32 Å². The first-order valence-electron chi connectivity index (χ1n) is 9.97. The molecule has 0 fully saturated rings. The number of ether oxygens (including phenoxy) is 1.